The average molecular weight is 284 g/mol. The maximum absolute atomic E-state index is 4.56. The third-order valence-electron chi connectivity index (χ3n) is 4.11. The third-order valence-corrected chi connectivity index (χ3v) is 4.11. The summed E-state index contributed by atoms with van der Waals surface area (Å²) >= 11 is 0. The Morgan fingerprint density at radius 2 is 2.24 bits per heavy atom. The molecule has 2 aromatic heterocycles. The van der Waals surface area contributed by atoms with Crippen molar-refractivity contribution in [2.45, 2.75) is 52.1 Å². The fourth-order valence-electron chi connectivity index (χ4n) is 2.95. The zero-order valence-electron chi connectivity index (χ0n) is 12.9. The number of aryl methyl sites for hydroxylation is 1. The fourth-order valence-corrected chi connectivity index (χ4v) is 2.95. The van der Waals surface area contributed by atoms with E-state index in [1.807, 2.05) is 12.4 Å². The van der Waals surface area contributed by atoms with Crippen molar-refractivity contribution in [3.05, 3.63) is 47.0 Å². The van der Waals surface area contributed by atoms with Crippen molar-refractivity contribution >= 4 is 0 Å². The summed E-state index contributed by atoms with van der Waals surface area (Å²) in [4.78, 5) is 4.56. The number of hydrogen-bond donors (Lipinski definition) is 2. The van der Waals surface area contributed by atoms with E-state index in [2.05, 4.69) is 46.5 Å². The molecule has 1 atom stereocenters. The lowest BCUT2D eigenvalue weighted by atomic mass is 9.93. The molecule has 2 aromatic rings. The minimum Gasteiger partial charge on any atom is -0.310 e. The summed E-state index contributed by atoms with van der Waals surface area (Å²) in [6.07, 6.45) is 8.37. The second-order valence-corrected chi connectivity index (χ2v) is 6.45. The van der Waals surface area contributed by atoms with Gasteiger partial charge in [0.15, 0.2) is 0 Å². The molecular weight excluding hydrogens is 260 g/mol. The van der Waals surface area contributed by atoms with Gasteiger partial charge in [0.1, 0.15) is 0 Å². The van der Waals surface area contributed by atoms with Crippen LogP contribution in [0.5, 0.6) is 0 Å². The van der Waals surface area contributed by atoms with E-state index >= 15 is 0 Å². The first-order valence-electron chi connectivity index (χ1n) is 7.89. The average Bonchev–Trinajstić information content (AvgIpc) is 2.93. The van der Waals surface area contributed by atoms with Crippen LogP contribution in [0.2, 0.25) is 0 Å². The number of nitrogens with zero attached hydrogens (tertiary/aromatic N) is 2. The van der Waals surface area contributed by atoms with Crippen molar-refractivity contribution in [3.8, 4) is 0 Å². The summed E-state index contributed by atoms with van der Waals surface area (Å²) in [5.41, 5.74) is 5.13. The molecule has 0 radical (unpaired) electrons. The first kappa shape index (κ1) is 14.3. The highest BCUT2D eigenvalue weighted by atomic mass is 15.1. The Kier molecular flexibility index (Phi) is 4.34. The Hall–Kier alpha value is -1.68. The van der Waals surface area contributed by atoms with E-state index < -0.39 is 0 Å². The normalized spacial score (nSPS) is 18.0. The number of H-pyrrole nitrogens is 1. The van der Waals surface area contributed by atoms with Crippen molar-refractivity contribution in [1.29, 1.82) is 0 Å². The Labute approximate surface area is 126 Å². The van der Waals surface area contributed by atoms with Crippen LogP contribution in [0.25, 0.3) is 0 Å². The molecule has 4 heteroatoms. The Bertz CT molecular complexity index is 571. The summed E-state index contributed by atoms with van der Waals surface area (Å²) in [6, 6.07) is 4.90. The van der Waals surface area contributed by atoms with Crippen LogP contribution in [-0.4, -0.2) is 21.2 Å². The predicted octanol–water partition coefficient (Wildman–Crippen LogP) is 2.65. The van der Waals surface area contributed by atoms with Crippen LogP contribution >= 0.6 is 0 Å². The third kappa shape index (κ3) is 3.70. The van der Waals surface area contributed by atoms with Crippen molar-refractivity contribution in [3.63, 3.8) is 0 Å². The smallest absolute Gasteiger partial charge is 0.0522 e. The number of fused-ring (bicyclic) bond motifs is 1. The van der Waals surface area contributed by atoms with Gasteiger partial charge in [0.05, 0.1) is 6.20 Å². The number of rotatable bonds is 5. The van der Waals surface area contributed by atoms with Gasteiger partial charge in [-0.3, -0.25) is 10.1 Å². The van der Waals surface area contributed by atoms with Gasteiger partial charge < -0.3 is 5.32 Å². The molecule has 21 heavy (non-hydrogen) atoms. The van der Waals surface area contributed by atoms with E-state index in [0.29, 0.717) is 12.0 Å². The van der Waals surface area contributed by atoms with Crippen molar-refractivity contribution in [2.75, 3.05) is 0 Å². The molecule has 1 aliphatic carbocycles. The number of aromatic nitrogens is 3. The fraction of sp³-hybridized carbons (Fsp3) is 0.529. The molecule has 0 aliphatic heterocycles. The van der Waals surface area contributed by atoms with Crippen LogP contribution in [0.15, 0.2) is 24.5 Å². The molecule has 1 aliphatic rings. The highest BCUT2D eigenvalue weighted by molar-refractivity contribution is 5.21. The highest BCUT2D eigenvalue weighted by Crippen LogP contribution is 2.19. The van der Waals surface area contributed by atoms with Gasteiger partial charge >= 0.3 is 0 Å². The molecule has 0 saturated carbocycles. The summed E-state index contributed by atoms with van der Waals surface area (Å²) in [6.45, 7) is 5.35. The van der Waals surface area contributed by atoms with Crippen molar-refractivity contribution < 1.29 is 0 Å². The van der Waals surface area contributed by atoms with Crippen molar-refractivity contribution in [2.24, 2.45) is 5.92 Å². The lowest BCUT2D eigenvalue weighted by Crippen LogP contribution is -2.33. The summed E-state index contributed by atoms with van der Waals surface area (Å²) in [5.74, 6) is 0.660. The van der Waals surface area contributed by atoms with Gasteiger partial charge in [-0.05, 0) is 48.8 Å². The zero-order chi connectivity index (χ0) is 14.7. The molecule has 3 rings (SSSR count). The number of aromatic amines is 1. The maximum atomic E-state index is 4.56. The first-order chi connectivity index (χ1) is 10.2. The Morgan fingerprint density at radius 1 is 1.33 bits per heavy atom. The van der Waals surface area contributed by atoms with E-state index in [0.717, 1.165) is 25.8 Å². The largest absolute Gasteiger partial charge is 0.310 e. The van der Waals surface area contributed by atoms with Crippen molar-refractivity contribution in [1.82, 2.24) is 20.5 Å². The van der Waals surface area contributed by atoms with E-state index in [1.165, 1.54) is 28.9 Å². The lowest BCUT2D eigenvalue weighted by molar-refractivity contribution is 0.455. The SMILES string of the molecule is CC(C)Cc1ccc(CNC2CCc3[nH]ncc3C2)cn1. The van der Waals surface area contributed by atoms with Gasteiger partial charge in [-0.2, -0.15) is 5.10 Å². The molecule has 4 nitrogen and oxygen atoms in total. The van der Waals surface area contributed by atoms with Gasteiger partial charge in [-0.1, -0.05) is 19.9 Å². The van der Waals surface area contributed by atoms with Gasteiger partial charge in [0.2, 0.25) is 0 Å². The second kappa shape index (κ2) is 6.39. The molecular formula is C17H24N4. The minimum atomic E-state index is 0.547. The van der Waals surface area contributed by atoms with Crippen LogP contribution in [0, 0.1) is 5.92 Å². The second-order valence-electron chi connectivity index (χ2n) is 6.45. The van der Waals surface area contributed by atoms with Crippen LogP contribution in [0.4, 0.5) is 0 Å². The zero-order valence-corrected chi connectivity index (χ0v) is 12.9. The molecule has 1 unspecified atom stereocenters. The molecule has 2 heterocycles. The van der Waals surface area contributed by atoms with Gasteiger partial charge in [-0.25, -0.2) is 0 Å². The molecule has 0 aromatic carbocycles. The van der Waals surface area contributed by atoms with Crippen LogP contribution in [0.1, 0.15) is 42.8 Å². The molecule has 0 bridgehead atoms. The molecule has 0 amide bonds. The number of hydrogen-bond acceptors (Lipinski definition) is 3. The van der Waals surface area contributed by atoms with Gasteiger partial charge in [0.25, 0.3) is 0 Å². The van der Waals surface area contributed by atoms with Crippen LogP contribution in [-0.2, 0) is 25.8 Å². The van der Waals surface area contributed by atoms with E-state index in [4.69, 9.17) is 0 Å². The molecule has 0 saturated heterocycles. The van der Waals surface area contributed by atoms with E-state index in [1.54, 1.807) is 0 Å². The molecule has 112 valence electrons. The minimum absolute atomic E-state index is 0.547. The number of pyridine rings is 1. The molecule has 0 fully saturated rings. The predicted molar refractivity (Wildman–Crippen MR) is 84.0 cm³/mol. The molecule has 2 N–H and O–H groups in total. The Morgan fingerprint density at radius 3 is 3.00 bits per heavy atom. The summed E-state index contributed by atoms with van der Waals surface area (Å²) < 4.78 is 0. The topological polar surface area (TPSA) is 53.6 Å². The highest BCUT2D eigenvalue weighted by Gasteiger charge is 2.19. The first-order valence-corrected chi connectivity index (χ1v) is 7.89. The standard InChI is InChI=1S/C17H24N4/c1-12(2)7-15-4-3-13(9-18-15)10-19-16-5-6-17-14(8-16)11-20-21-17/h3-4,9,11-12,16,19H,5-8,10H2,1-2H3,(H,20,21). The van der Waals surface area contributed by atoms with E-state index in [9.17, 15) is 0 Å². The van der Waals surface area contributed by atoms with Gasteiger partial charge in [-0.15, -0.1) is 0 Å². The maximum Gasteiger partial charge on any atom is 0.0522 e. The van der Waals surface area contributed by atoms with Crippen LogP contribution < -0.4 is 5.32 Å². The Balaban J connectivity index is 1.51. The van der Waals surface area contributed by atoms with E-state index in [-0.39, 0.29) is 0 Å². The lowest BCUT2D eigenvalue weighted by Gasteiger charge is -2.22. The summed E-state index contributed by atoms with van der Waals surface area (Å²) in [5, 5.41) is 10.9. The number of nitrogens with one attached hydrogen (secondary N) is 2. The van der Waals surface area contributed by atoms with Gasteiger partial charge in [0, 0.05) is 30.2 Å². The monoisotopic (exact) mass is 284 g/mol. The summed E-state index contributed by atoms with van der Waals surface area (Å²) in [7, 11) is 0. The van der Waals surface area contributed by atoms with Crippen LogP contribution in [0.3, 0.4) is 0 Å². The quantitative estimate of drug-likeness (QED) is 0.887. The molecule has 0 spiro atoms.